The predicted molar refractivity (Wildman–Crippen MR) is 132 cm³/mol. The molecule has 32 heavy (non-hydrogen) atoms. The molecule has 0 radical (unpaired) electrons. The third-order valence-electron chi connectivity index (χ3n) is 7.04. The van der Waals surface area contributed by atoms with E-state index >= 15 is 0 Å². The fourth-order valence-corrected chi connectivity index (χ4v) is 5.72. The van der Waals surface area contributed by atoms with Crippen LogP contribution in [0.25, 0.3) is 0 Å². The Kier molecular flexibility index (Phi) is 7.65. The lowest BCUT2D eigenvalue weighted by atomic mass is 9.78. The first kappa shape index (κ1) is 23.4. The average molecular weight is 475 g/mol. The second-order valence-corrected chi connectivity index (χ2v) is 9.96. The number of anilines is 1. The monoisotopic (exact) mass is 474 g/mol. The zero-order valence-electron chi connectivity index (χ0n) is 18.7. The van der Waals surface area contributed by atoms with E-state index in [0.29, 0.717) is 22.7 Å². The van der Waals surface area contributed by atoms with Crippen molar-refractivity contribution in [3.05, 3.63) is 58.1 Å². The highest BCUT2D eigenvalue weighted by Crippen LogP contribution is 2.45. The van der Waals surface area contributed by atoms with Gasteiger partial charge in [-0.2, -0.15) is 0 Å². The quantitative estimate of drug-likeness (QED) is 0.485. The summed E-state index contributed by atoms with van der Waals surface area (Å²) in [5.41, 5.74) is 1.02. The van der Waals surface area contributed by atoms with E-state index in [1.54, 1.807) is 6.07 Å². The van der Waals surface area contributed by atoms with Gasteiger partial charge in [-0.15, -0.1) is 0 Å². The van der Waals surface area contributed by atoms with Crippen molar-refractivity contribution in [3.63, 3.8) is 0 Å². The van der Waals surface area contributed by atoms with Gasteiger partial charge in [0.15, 0.2) is 0 Å². The van der Waals surface area contributed by atoms with Crippen molar-refractivity contribution in [3.8, 4) is 5.75 Å². The van der Waals surface area contributed by atoms with Crippen molar-refractivity contribution >= 4 is 34.8 Å². The molecule has 1 heterocycles. The minimum absolute atomic E-state index is 0.00743. The molecule has 4 nitrogen and oxygen atoms in total. The van der Waals surface area contributed by atoms with Gasteiger partial charge in [-0.25, -0.2) is 0 Å². The SMILES string of the molecule is CC1CCCCN1CCOc1ccc(NC(=O)C2(c3ccc(Cl)cc3Cl)CCCC2)cc1. The van der Waals surface area contributed by atoms with Crippen LogP contribution in [0, 0.1) is 0 Å². The molecule has 0 spiro atoms. The third kappa shape index (κ3) is 5.24. The Morgan fingerprint density at radius 3 is 2.53 bits per heavy atom. The maximum absolute atomic E-state index is 13.4. The summed E-state index contributed by atoms with van der Waals surface area (Å²) in [5.74, 6) is 0.816. The van der Waals surface area contributed by atoms with Gasteiger partial charge in [-0.05, 0) is 81.1 Å². The summed E-state index contributed by atoms with van der Waals surface area (Å²) in [5, 5.41) is 4.25. The van der Waals surface area contributed by atoms with Crippen molar-refractivity contribution in [1.82, 2.24) is 4.90 Å². The zero-order chi connectivity index (χ0) is 22.6. The van der Waals surface area contributed by atoms with Gasteiger partial charge in [0.2, 0.25) is 5.91 Å². The lowest BCUT2D eigenvalue weighted by Gasteiger charge is -2.33. The van der Waals surface area contributed by atoms with E-state index in [1.807, 2.05) is 36.4 Å². The first-order valence-electron chi connectivity index (χ1n) is 11.7. The highest BCUT2D eigenvalue weighted by atomic mass is 35.5. The molecule has 1 amide bonds. The summed E-state index contributed by atoms with van der Waals surface area (Å²) in [6.07, 6.45) is 7.48. The molecule has 2 aliphatic rings. The number of likely N-dealkylation sites (tertiary alicyclic amines) is 1. The molecule has 1 aliphatic heterocycles. The summed E-state index contributed by atoms with van der Waals surface area (Å²) in [7, 11) is 0. The van der Waals surface area contributed by atoms with Gasteiger partial charge in [0.25, 0.3) is 0 Å². The van der Waals surface area contributed by atoms with Gasteiger partial charge < -0.3 is 10.1 Å². The van der Waals surface area contributed by atoms with E-state index in [2.05, 4.69) is 17.1 Å². The summed E-state index contributed by atoms with van der Waals surface area (Å²) >= 11 is 12.6. The van der Waals surface area contributed by atoms with Crippen molar-refractivity contribution < 1.29 is 9.53 Å². The van der Waals surface area contributed by atoms with Gasteiger partial charge in [-0.3, -0.25) is 9.69 Å². The number of amides is 1. The third-order valence-corrected chi connectivity index (χ3v) is 7.59. The normalized spacial score (nSPS) is 20.8. The first-order valence-corrected chi connectivity index (χ1v) is 12.5. The van der Waals surface area contributed by atoms with E-state index in [-0.39, 0.29) is 5.91 Å². The van der Waals surface area contributed by atoms with Crippen LogP contribution in [0.3, 0.4) is 0 Å². The van der Waals surface area contributed by atoms with Crippen molar-refractivity contribution in [2.24, 2.45) is 0 Å². The molecule has 2 aromatic rings. The molecule has 2 aromatic carbocycles. The molecule has 1 saturated carbocycles. The van der Waals surface area contributed by atoms with E-state index in [1.165, 1.54) is 19.3 Å². The Hall–Kier alpha value is -1.75. The number of benzene rings is 2. The largest absolute Gasteiger partial charge is 0.492 e. The molecule has 1 unspecified atom stereocenters. The Balaban J connectivity index is 1.37. The predicted octanol–water partition coefficient (Wildman–Crippen LogP) is 6.70. The van der Waals surface area contributed by atoms with Crippen molar-refractivity contribution in [2.75, 3.05) is 25.0 Å². The fourth-order valence-electron chi connectivity index (χ4n) is 5.13. The molecule has 1 aliphatic carbocycles. The number of nitrogens with zero attached hydrogens (tertiary/aromatic N) is 1. The van der Waals surface area contributed by atoms with Gasteiger partial charge in [0.05, 0.1) is 5.41 Å². The lowest BCUT2D eigenvalue weighted by molar-refractivity contribution is -0.121. The smallest absolute Gasteiger partial charge is 0.235 e. The number of piperidine rings is 1. The zero-order valence-corrected chi connectivity index (χ0v) is 20.2. The average Bonchev–Trinajstić information content (AvgIpc) is 3.27. The number of halogens is 2. The van der Waals surface area contributed by atoms with E-state index < -0.39 is 5.41 Å². The maximum atomic E-state index is 13.4. The standard InChI is InChI=1S/C26H32Cl2N2O2/c1-19-6-2-5-15-30(19)16-17-32-22-10-8-21(9-11-22)29-25(31)26(13-3-4-14-26)23-12-7-20(27)18-24(23)28/h7-12,18-19H,2-6,13-17H2,1H3,(H,29,31). The highest BCUT2D eigenvalue weighted by molar-refractivity contribution is 6.35. The Morgan fingerprint density at radius 1 is 1.09 bits per heavy atom. The topological polar surface area (TPSA) is 41.6 Å². The van der Waals surface area contributed by atoms with E-state index in [4.69, 9.17) is 27.9 Å². The van der Waals surface area contributed by atoms with Crippen LogP contribution >= 0.6 is 23.2 Å². The Morgan fingerprint density at radius 2 is 1.84 bits per heavy atom. The van der Waals surface area contributed by atoms with Gasteiger partial charge in [0.1, 0.15) is 12.4 Å². The van der Waals surface area contributed by atoms with Crippen LogP contribution in [0.4, 0.5) is 5.69 Å². The molecule has 172 valence electrons. The van der Waals surface area contributed by atoms with E-state index in [0.717, 1.165) is 55.8 Å². The van der Waals surface area contributed by atoms with Gasteiger partial charge >= 0.3 is 0 Å². The minimum atomic E-state index is -0.609. The van der Waals surface area contributed by atoms with E-state index in [9.17, 15) is 4.79 Å². The summed E-state index contributed by atoms with van der Waals surface area (Å²) in [6, 6.07) is 13.7. The van der Waals surface area contributed by atoms with Gasteiger partial charge in [-0.1, -0.05) is 48.5 Å². The molecule has 1 atom stereocenters. The van der Waals surface area contributed by atoms with Crippen LogP contribution < -0.4 is 10.1 Å². The minimum Gasteiger partial charge on any atom is -0.492 e. The molecule has 1 N–H and O–H groups in total. The molecule has 6 heteroatoms. The number of carbonyl (C=O) groups is 1. The number of rotatable bonds is 7. The molecule has 2 fully saturated rings. The second-order valence-electron chi connectivity index (χ2n) is 9.12. The number of hydrogen-bond acceptors (Lipinski definition) is 3. The first-order chi connectivity index (χ1) is 15.5. The van der Waals surface area contributed by atoms with Crippen molar-refractivity contribution in [2.45, 2.75) is 63.3 Å². The summed E-state index contributed by atoms with van der Waals surface area (Å²) < 4.78 is 5.95. The number of hydrogen-bond donors (Lipinski definition) is 1. The lowest BCUT2D eigenvalue weighted by Crippen LogP contribution is -2.39. The van der Waals surface area contributed by atoms with Crippen molar-refractivity contribution in [1.29, 1.82) is 0 Å². The molecule has 0 aromatic heterocycles. The van der Waals surface area contributed by atoms with Crippen LogP contribution in [0.1, 0.15) is 57.4 Å². The molecular formula is C26H32Cl2N2O2. The summed E-state index contributed by atoms with van der Waals surface area (Å²) in [6.45, 7) is 5.08. The van der Waals surface area contributed by atoms with Crippen LogP contribution in [-0.2, 0) is 10.2 Å². The number of nitrogens with one attached hydrogen (secondary N) is 1. The van der Waals surface area contributed by atoms with Crippen LogP contribution in [0.15, 0.2) is 42.5 Å². The highest BCUT2D eigenvalue weighted by Gasteiger charge is 2.44. The van der Waals surface area contributed by atoms with Gasteiger partial charge in [0, 0.05) is 28.3 Å². The molecule has 1 saturated heterocycles. The Labute approximate surface area is 201 Å². The molecule has 0 bridgehead atoms. The van der Waals surface area contributed by atoms with Crippen LogP contribution in [-0.4, -0.2) is 36.5 Å². The number of carbonyl (C=O) groups excluding carboxylic acids is 1. The van der Waals surface area contributed by atoms with Crippen LogP contribution in [0.5, 0.6) is 5.75 Å². The summed E-state index contributed by atoms with van der Waals surface area (Å²) in [4.78, 5) is 15.9. The van der Waals surface area contributed by atoms with Crippen LogP contribution in [0.2, 0.25) is 10.0 Å². The Bertz CT molecular complexity index is 926. The second kappa shape index (κ2) is 10.5. The fraction of sp³-hybridized carbons (Fsp3) is 0.500. The maximum Gasteiger partial charge on any atom is 0.235 e. The number of ether oxygens (including phenoxy) is 1. The molecule has 4 rings (SSSR count). The molecular weight excluding hydrogens is 443 g/mol.